The highest BCUT2D eigenvalue weighted by Crippen LogP contribution is 2.30. The third-order valence-corrected chi connectivity index (χ3v) is 6.97. The van der Waals surface area contributed by atoms with Gasteiger partial charge in [0.25, 0.3) is 5.56 Å². The maximum Gasteiger partial charge on any atom is 0.271 e. The second kappa shape index (κ2) is 6.96. The molecule has 2 aromatic heterocycles. The Balaban J connectivity index is 1.49. The molecule has 2 aromatic rings. The molecule has 1 saturated carbocycles. The standard InChI is InChI=1S/C19H27N3OS/c1-14-12-24-18-17(14)20-13-21(19(18)23)11-9-16-8-4-5-10-22(16)15-6-2-3-7-15/h12-13,15-16H,2-11H2,1H3. The van der Waals surface area contributed by atoms with E-state index < -0.39 is 0 Å². The smallest absolute Gasteiger partial charge is 0.271 e. The number of likely N-dealkylation sites (tertiary alicyclic amines) is 1. The Hall–Kier alpha value is -1.20. The van der Waals surface area contributed by atoms with Crippen molar-refractivity contribution in [1.82, 2.24) is 14.5 Å². The third-order valence-electron chi connectivity index (χ3n) is 5.89. The van der Waals surface area contributed by atoms with Gasteiger partial charge in [0.1, 0.15) is 4.70 Å². The molecule has 0 N–H and O–H groups in total. The van der Waals surface area contributed by atoms with Gasteiger partial charge in [0, 0.05) is 18.6 Å². The molecule has 24 heavy (non-hydrogen) atoms. The number of thiophene rings is 1. The zero-order chi connectivity index (χ0) is 16.5. The van der Waals surface area contributed by atoms with Crippen molar-refractivity contribution < 1.29 is 0 Å². The lowest BCUT2D eigenvalue weighted by Crippen LogP contribution is -2.45. The van der Waals surface area contributed by atoms with Gasteiger partial charge in [0.05, 0.1) is 11.8 Å². The second-order valence-corrected chi connectivity index (χ2v) is 8.33. The van der Waals surface area contributed by atoms with E-state index in [1.807, 2.05) is 16.9 Å². The van der Waals surface area contributed by atoms with Crippen molar-refractivity contribution >= 4 is 21.6 Å². The molecule has 0 bridgehead atoms. The lowest BCUT2D eigenvalue weighted by Gasteiger charge is -2.40. The summed E-state index contributed by atoms with van der Waals surface area (Å²) in [6.45, 7) is 4.08. The molecule has 1 atom stereocenters. The third kappa shape index (κ3) is 3.04. The summed E-state index contributed by atoms with van der Waals surface area (Å²) in [6.07, 6.45) is 12.3. The predicted octanol–water partition coefficient (Wildman–Crippen LogP) is 3.95. The fourth-order valence-electron chi connectivity index (χ4n) is 4.56. The van der Waals surface area contributed by atoms with Crippen LogP contribution in [0.3, 0.4) is 0 Å². The summed E-state index contributed by atoms with van der Waals surface area (Å²) in [5, 5.41) is 2.03. The van der Waals surface area contributed by atoms with E-state index in [-0.39, 0.29) is 5.56 Å². The van der Waals surface area contributed by atoms with Crippen molar-refractivity contribution in [3.63, 3.8) is 0 Å². The molecule has 130 valence electrons. The molecular formula is C19H27N3OS. The lowest BCUT2D eigenvalue weighted by atomic mass is 9.96. The Kier molecular flexibility index (Phi) is 4.72. The Morgan fingerprint density at radius 1 is 1.21 bits per heavy atom. The largest absolute Gasteiger partial charge is 0.298 e. The van der Waals surface area contributed by atoms with E-state index in [4.69, 9.17) is 0 Å². The molecule has 1 saturated heterocycles. The minimum absolute atomic E-state index is 0.140. The van der Waals surface area contributed by atoms with Gasteiger partial charge in [-0.25, -0.2) is 4.98 Å². The van der Waals surface area contributed by atoms with Crippen LogP contribution >= 0.6 is 11.3 Å². The highest BCUT2D eigenvalue weighted by atomic mass is 32.1. The summed E-state index contributed by atoms with van der Waals surface area (Å²) < 4.78 is 2.64. The van der Waals surface area contributed by atoms with Crippen LogP contribution in [0.25, 0.3) is 10.2 Å². The molecule has 1 unspecified atom stereocenters. The highest BCUT2D eigenvalue weighted by molar-refractivity contribution is 7.17. The Morgan fingerprint density at radius 3 is 2.83 bits per heavy atom. The SMILES string of the molecule is Cc1csc2c(=O)n(CCC3CCCCN3C3CCCC3)cnc12. The number of rotatable bonds is 4. The van der Waals surface area contributed by atoms with Gasteiger partial charge in [-0.2, -0.15) is 0 Å². The number of nitrogens with zero attached hydrogens (tertiary/aromatic N) is 3. The molecule has 4 nitrogen and oxygen atoms in total. The maximum atomic E-state index is 12.7. The quantitative estimate of drug-likeness (QED) is 0.842. The van der Waals surface area contributed by atoms with Gasteiger partial charge in [-0.3, -0.25) is 14.3 Å². The van der Waals surface area contributed by atoms with E-state index in [9.17, 15) is 4.79 Å². The van der Waals surface area contributed by atoms with E-state index in [1.54, 1.807) is 6.33 Å². The number of fused-ring (bicyclic) bond motifs is 1. The minimum atomic E-state index is 0.140. The maximum absolute atomic E-state index is 12.7. The van der Waals surface area contributed by atoms with Crippen molar-refractivity contribution in [2.45, 2.75) is 76.9 Å². The van der Waals surface area contributed by atoms with Gasteiger partial charge in [-0.1, -0.05) is 19.3 Å². The van der Waals surface area contributed by atoms with E-state index in [0.717, 1.165) is 34.8 Å². The average molecular weight is 346 g/mol. The topological polar surface area (TPSA) is 38.1 Å². The van der Waals surface area contributed by atoms with Crippen LogP contribution in [0.5, 0.6) is 0 Å². The highest BCUT2D eigenvalue weighted by Gasteiger charge is 2.30. The molecule has 0 amide bonds. The zero-order valence-corrected chi connectivity index (χ0v) is 15.4. The van der Waals surface area contributed by atoms with Crippen molar-refractivity contribution in [3.05, 3.63) is 27.6 Å². The molecule has 5 heteroatoms. The lowest BCUT2D eigenvalue weighted by molar-refractivity contribution is 0.0880. The van der Waals surface area contributed by atoms with Crippen LogP contribution in [0, 0.1) is 6.92 Å². The number of hydrogen-bond acceptors (Lipinski definition) is 4. The summed E-state index contributed by atoms with van der Waals surface area (Å²) in [4.78, 5) is 20.0. The molecule has 4 rings (SSSR count). The molecule has 3 heterocycles. The molecule has 1 aliphatic heterocycles. The molecule has 2 aliphatic rings. The van der Waals surface area contributed by atoms with Crippen molar-refractivity contribution in [2.75, 3.05) is 6.54 Å². The summed E-state index contributed by atoms with van der Waals surface area (Å²) in [6, 6.07) is 1.45. The van der Waals surface area contributed by atoms with E-state index in [2.05, 4.69) is 9.88 Å². The molecular weight excluding hydrogens is 318 g/mol. The Labute approximate surface area is 147 Å². The number of aryl methyl sites for hydroxylation is 2. The second-order valence-electron chi connectivity index (χ2n) is 7.45. The number of piperidine rings is 1. The Morgan fingerprint density at radius 2 is 2.00 bits per heavy atom. The molecule has 1 aliphatic carbocycles. The van der Waals surface area contributed by atoms with Crippen molar-refractivity contribution in [2.24, 2.45) is 0 Å². The predicted molar refractivity (Wildman–Crippen MR) is 99.8 cm³/mol. The van der Waals surface area contributed by atoms with Crippen LogP contribution in [-0.2, 0) is 6.54 Å². The van der Waals surface area contributed by atoms with Gasteiger partial charge in [0.15, 0.2) is 0 Å². The van der Waals surface area contributed by atoms with Crippen LogP contribution in [0.4, 0.5) is 0 Å². The van der Waals surface area contributed by atoms with Crippen LogP contribution in [0.1, 0.15) is 56.9 Å². The van der Waals surface area contributed by atoms with Gasteiger partial charge < -0.3 is 0 Å². The van der Waals surface area contributed by atoms with Crippen LogP contribution in [-0.4, -0.2) is 33.1 Å². The first-order valence-corrected chi connectivity index (χ1v) is 10.3. The van der Waals surface area contributed by atoms with E-state index in [0.29, 0.717) is 6.04 Å². The summed E-state index contributed by atoms with van der Waals surface area (Å²) in [5.74, 6) is 0. The minimum Gasteiger partial charge on any atom is -0.298 e. The first-order chi connectivity index (χ1) is 11.7. The fraction of sp³-hybridized carbons (Fsp3) is 0.684. The Bertz CT molecular complexity index is 760. The van der Waals surface area contributed by atoms with Crippen LogP contribution < -0.4 is 5.56 Å². The molecule has 2 fully saturated rings. The molecule has 0 aromatic carbocycles. The first-order valence-electron chi connectivity index (χ1n) is 9.43. The normalized spacial score (nSPS) is 23.3. The fourth-order valence-corrected chi connectivity index (χ4v) is 5.51. The van der Waals surface area contributed by atoms with Crippen LogP contribution in [0.2, 0.25) is 0 Å². The van der Waals surface area contributed by atoms with Crippen molar-refractivity contribution in [3.8, 4) is 0 Å². The average Bonchev–Trinajstić information content (AvgIpc) is 3.25. The zero-order valence-electron chi connectivity index (χ0n) is 14.5. The number of hydrogen-bond donors (Lipinski definition) is 0. The van der Waals surface area contributed by atoms with Crippen molar-refractivity contribution in [1.29, 1.82) is 0 Å². The summed E-state index contributed by atoms with van der Waals surface area (Å²) in [5.41, 5.74) is 2.13. The summed E-state index contributed by atoms with van der Waals surface area (Å²) in [7, 11) is 0. The first kappa shape index (κ1) is 16.3. The van der Waals surface area contributed by atoms with Gasteiger partial charge >= 0.3 is 0 Å². The summed E-state index contributed by atoms with van der Waals surface area (Å²) >= 11 is 1.53. The van der Waals surface area contributed by atoms with Gasteiger partial charge in [-0.05, 0) is 56.5 Å². The van der Waals surface area contributed by atoms with Crippen LogP contribution in [0.15, 0.2) is 16.5 Å². The van der Waals surface area contributed by atoms with E-state index >= 15 is 0 Å². The van der Waals surface area contributed by atoms with Gasteiger partial charge in [0.2, 0.25) is 0 Å². The number of aromatic nitrogens is 2. The monoisotopic (exact) mass is 345 g/mol. The van der Waals surface area contributed by atoms with E-state index in [1.165, 1.54) is 62.8 Å². The molecule has 0 spiro atoms. The van der Waals surface area contributed by atoms with Gasteiger partial charge in [-0.15, -0.1) is 11.3 Å². The molecule has 0 radical (unpaired) electrons.